The summed E-state index contributed by atoms with van der Waals surface area (Å²) in [6.45, 7) is 1.74. The summed E-state index contributed by atoms with van der Waals surface area (Å²) < 4.78 is 32.9. The van der Waals surface area contributed by atoms with E-state index in [1.165, 1.54) is 42.2 Å². The van der Waals surface area contributed by atoms with Crippen LogP contribution < -0.4 is 10.0 Å². The number of sulfonamides is 1. The molecule has 31 heavy (non-hydrogen) atoms. The SMILES string of the molecule is Cc1ccnc(NS(=O)(=O)c2ccc(NC(=O)CSc3nc4ccccc4o3)cc2)n1. The quantitative estimate of drug-likeness (QED) is 0.406. The van der Waals surface area contributed by atoms with Crippen LogP contribution in [0.25, 0.3) is 11.1 Å². The molecule has 1 amide bonds. The van der Waals surface area contributed by atoms with Crippen molar-refractivity contribution < 1.29 is 17.6 Å². The summed E-state index contributed by atoms with van der Waals surface area (Å²) in [7, 11) is -3.85. The van der Waals surface area contributed by atoms with E-state index in [-0.39, 0.29) is 22.5 Å². The number of rotatable bonds is 7. The van der Waals surface area contributed by atoms with E-state index in [1.807, 2.05) is 24.3 Å². The maximum Gasteiger partial charge on any atom is 0.264 e. The topological polar surface area (TPSA) is 127 Å². The van der Waals surface area contributed by atoms with Gasteiger partial charge in [0.05, 0.1) is 10.6 Å². The largest absolute Gasteiger partial charge is 0.431 e. The van der Waals surface area contributed by atoms with Gasteiger partial charge in [-0.3, -0.25) is 4.79 Å². The Morgan fingerprint density at radius 2 is 1.84 bits per heavy atom. The lowest BCUT2D eigenvalue weighted by atomic mass is 10.3. The summed E-state index contributed by atoms with van der Waals surface area (Å²) in [5.74, 6) is -0.179. The van der Waals surface area contributed by atoms with Crippen molar-refractivity contribution in [3.63, 3.8) is 0 Å². The Hall–Kier alpha value is -3.44. The predicted molar refractivity (Wildman–Crippen MR) is 117 cm³/mol. The predicted octanol–water partition coefficient (Wildman–Crippen LogP) is 3.46. The molecule has 0 saturated carbocycles. The number of aromatic nitrogens is 3. The number of carbonyl (C=O) groups is 1. The van der Waals surface area contributed by atoms with Crippen LogP contribution in [0.5, 0.6) is 0 Å². The zero-order valence-corrected chi connectivity index (χ0v) is 17.9. The number of thioether (sulfide) groups is 1. The third-order valence-electron chi connectivity index (χ3n) is 4.07. The number of hydrogen-bond acceptors (Lipinski definition) is 8. The van der Waals surface area contributed by atoms with Gasteiger partial charge in [0.25, 0.3) is 15.2 Å². The van der Waals surface area contributed by atoms with Crippen molar-refractivity contribution in [3.05, 3.63) is 66.5 Å². The van der Waals surface area contributed by atoms with E-state index in [0.717, 1.165) is 5.52 Å². The second-order valence-electron chi connectivity index (χ2n) is 6.44. The molecule has 2 aromatic carbocycles. The van der Waals surface area contributed by atoms with Crippen LogP contribution in [-0.4, -0.2) is 35.0 Å². The zero-order chi connectivity index (χ0) is 21.8. The highest BCUT2D eigenvalue weighted by molar-refractivity contribution is 7.99. The Kier molecular flexibility index (Phi) is 5.87. The fourth-order valence-electron chi connectivity index (χ4n) is 2.63. The number of amides is 1. The van der Waals surface area contributed by atoms with Gasteiger partial charge in [-0.25, -0.2) is 28.1 Å². The minimum atomic E-state index is -3.85. The van der Waals surface area contributed by atoms with E-state index < -0.39 is 10.0 Å². The van der Waals surface area contributed by atoms with Crippen LogP contribution >= 0.6 is 11.8 Å². The van der Waals surface area contributed by atoms with E-state index >= 15 is 0 Å². The molecule has 2 aromatic heterocycles. The lowest BCUT2D eigenvalue weighted by Gasteiger charge is -2.08. The van der Waals surface area contributed by atoms with Crippen LogP contribution in [0, 0.1) is 6.92 Å². The maximum absolute atomic E-state index is 12.5. The molecular formula is C20H17N5O4S2. The molecule has 2 N–H and O–H groups in total. The van der Waals surface area contributed by atoms with E-state index in [1.54, 1.807) is 13.0 Å². The number of nitrogens with zero attached hydrogens (tertiary/aromatic N) is 3. The molecule has 9 nitrogen and oxygen atoms in total. The summed E-state index contributed by atoms with van der Waals surface area (Å²) in [6, 6.07) is 14.8. The van der Waals surface area contributed by atoms with Crippen LogP contribution in [0.15, 0.2) is 75.3 Å². The number of carbonyl (C=O) groups excluding carboxylic acids is 1. The fourth-order valence-corrected chi connectivity index (χ4v) is 4.22. The molecular weight excluding hydrogens is 438 g/mol. The van der Waals surface area contributed by atoms with Gasteiger partial charge in [0.15, 0.2) is 5.58 Å². The van der Waals surface area contributed by atoms with Crippen LogP contribution in [0.4, 0.5) is 11.6 Å². The van der Waals surface area contributed by atoms with Crippen molar-refractivity contribution >= 4 is 50.4 Å². The molecule has 0 aliphatic heterocycles. The first-order valence-corrected chi connectivity index (χ1v) is 11.6. The van der Waals surface area contributed by atoms with Crippen molar-refractivity contribution in [1.82, 2.24) is 15.0 Å². The zero-order valence-electron chi connectivity index (χ0n) is 16.3. The second-order valence-corrected chi connectivity index (χ2v) is 9.04. The van der Waals surface area contributed by atoms with Crippen molar-refractivity contribution in [3.8, 4) is 0 Å². The Balaban J connectivity index is 1.35. The van der Waals surface area contributed by atoms with Gasteiger partial charge in [-0.1, -0.05) is 23.9 Å². The molecule has 0 saturated heterocycles. The molecule has 0 bridgehead atoms. The van der Waals surface area contributed by atoms with Crippen molar-refractivity contribution in [2.24, 2.45) is 0 Å². The van der Waals surface area contributed by atoms with E-state index in [2.05, 4.69) is 25.0 Å². The van der Waals surface area contributed by atoms with Gasteiger partial charge in [-0.2, -0.15) is 0 Å². The smallest absolute Gasteiger partial charge is 0.264 e. The molecule has 0 unspecified atom stereocenters. The Labute approximate surface area is 182 Å². The standard InChI is InChI=1S/C20H17N5O4S2/c1-13-10-11-21-19(22-13)25-31(27,28)15-8-6-14(7-9-15)23-18(26)12-30-20-24-16-4-2-3-5-17(16)29-20/h2-11H,12H2,1H3,(H,23,26)(H,21,22,25). The number of hydrogen-bond donors (Lipinski definition) is 2. The number of benzene rings is 2. The average Bonchev–Trinajstić information content (AvgIpc) is 3.15. The molecule has 158 valence electrons. The summed E-state index contributed by atoms with van der Waals surface area (Å²) in [6.07, 6.45) is 1.47. The normalized spacial score (nSPS) is 11.4. The van der Waals surface area contributed by atoms with Crippen LogP contribution in [0.3, 0.4) is 0 Å². The summed E-state index contributed by atoms with van der Waals surface area (Å²) in [5.41, 5.74) is 2.49. The molecule has 2 heterocycles. The molecule has 0 radical (unpaired) electrons. The summed E-state index contributed by atoms with van der Waals surface area (Å²) in [5, 5.41) is 3.12. The number of aryl methyl sites for hydroxylation is 1. The minimum Gasteiger partial charge on any atom is -0.431 e. The molecule has 0 fully saturated rings. The second kappa shape index (κ2) is 8.74. The molecule has 0 aliphatic carbocycles. The van der Waals surface area contributed by atoms with Crippen LogP contribution in [-0.2, 0) is 14.8 Å². The number of oxazole rings is 1. The Bertz CT molecular complexity index is 1300. The third-order valence-corrected chi connectivity index (χ3v) is 6.24. The number of para-hydroxylation sites is 2. The Morgan fingerprint density at radius 1 is 1.06 bits per heavy atom. The molecule has 11 heteroatoms. The molecule has 4 rings (SSSR count). The third kappa shape index (κ3) is 5.19. The van der Waals surface area contributed by atoms with Gasteiger partial charge in [-0.15, -0.1) is 0 Å². The maximum atomic E-state index is 12.5. The number of fused-ring (bicyclic) bond motifs is 1. The molecule has 4 aromatic rings. The molecule has 0 atom stereocenters. The van der Waals surface area contributed by atoms with Crippen molar-refractivity contribution in [2.45, 2.75) is 17.0 Å². The van der Waals surface area contributed by atoms with Crippen molar-refractivity contribution in [2.75, 3.05) is 15.8 Å². The summed E-state index contributed by atoms with van der Waals surface area (Å²) in [4.78, 5) is 24.5. The van der Waals surface area contributed by atoms with Gasteiger partial charge < -0.3 is 9.73 Å². The highest BCUT2D eigenvalue weighted by Crippen LogP contribution is 2.23. The Morgan fingerprint density at radius 3 is 2.58 bits per heavy atom. The fraction of sp³-hybridized carbons (Fsp3) is 0.100. The van der Waals surface area contributed by atoms with Gasteiger partial charge >= 0.3 is 0 Å². The van der Waals surface area contributed by atoms with E-state index in [0.29, 0.717) is 22.2 Å². The van der Waals surface area contributed by atoms with Gasteiger partial charge in [0, 0.05) is 17.6 Å². The first-order valence-electron chi connectivity index (χ1n) is 9.10. The first-order chi connectivity index (χ1) is 14.9. The molecule has 0 aliphatic rings. The van der Waals surface area contributed by atoms with Crippen LogP contribution in [0.2, 0.25) is 0 Å². The lowest BCUT2D eigenvalue weighted by Crippen LogP contribution is -2.16. The van der Waals surface area contributed by atoms with E-state index in [9.17, 15) is 13.2 Å². The van der Waals surface area contributed by atoms with Crippen LogP contribution in [0.1, 0.15) is 5.69 Å². The minimum absolute atomic E-state index is 0.00593. The number of anilines is 2. The van der Waals surface area contributed by atoms with Crippen molar-refractivity contribution in [1.29, 1.82) is 0 Å². The average molecular weight is 456 g/mol. The summed E-state index contributed by atoms with van der Waals surface area (Å²) >= 11 is 1.17. The first kappa shape index (κ1) is 20.8. The highest BCUT2D eigenvalue weighted by atomic mass is 32.2. The van der Waals surface area contributed by atoms with Gasteiger partial charge in [0.1, 0.15) is 5.52 Å². The lowest BCUT2D eigenvalue weighted by molar-refractivity contribution is -0.113. The van der Waals surface area contributed by atoms with Gasteiger partial charge in [-0.05, 0) is 49.4 Å². The van der Waals surface area contributed by atoms with E-state index in [4.69, 9.17) is 4.42 Å². The number of nitrogens with one attached hydrogen (secondary N) is 2. The monoisotopic (exact) mass is 455 g/mol. The highest BCUT2D eigenvalue weighted by Gasteiger charge is 2.16. The molecule has 0 spiro atoms. The van der Waals surface area contributed by atoms with Gasteiger partial charge in [0.2, 0.25) is 11.9 Å².